The number of hydrogen-bond donors (Lipinski definition) is 5. The van der Waals surface area contributed by atoms with Crippen LogP contribution in [0.15, 0.2) is 53.5 Å². The minimum absolute atomic E-state index is 0.0476. The maximum Gasteiger partial charge on any atom is 0.407 e. The van der Waals surface area contributed by atoms with E-state index >= 15 is 4.39 Å². The predicted molar refractivity (Wildman–Crippen MR) is 261 cm³/mol. The number of alkyl carbamates (subject to hydrolysis) is 1. The van der Waals surface area contributed by atoms with E-state index in [0.29, 0.717) is 56.4 Å². The molecule has 0 bridgehead atoms. The molecule has 6 atom stereocenters. The van der Waals surface area contributed by atoms with Crippen LogP contribution in [-0.4, -0.2) is 101 Å². The van der Waals surface area contributed by atoms with E-state index in [2.05, 4.69) is 21.3 Å². The van der Waals surface area contributed by atoms with Crippen molar-refractivity contribution in [2.75, 3.05) is 36.4 Å². The van der Waals surface area contributed by atoms with Crippen molar-refractivity contribution in [3.63, 3.8) is 0 Å². The van der Waals surface area contributed by atoms with Gasteiger partial charge in [0.2, 0.25) is 11.8 Å². The number of nitrogens with one attached hydrogen (secondary N) is 4. The summed E-state index contributed by atoms with van der Waals surface area (Å²) in [5.74, 6) is -4.42. The number of carbonyl (C=O) groups excluding carboxylic acids is 8. The second-order valence-corrected chi connectivity index (χ2v) is 19.2. The minimum atomic E-state index is -1.20. The van der Waals surface area contributed by atoms with Crippen LogP contribution in [0.5, 0.6) is 0 Å². The molecule has 0 spiro atoms. The molecule has 2 aromatic carbocycles. The van der Waals surface area contributed by atoms with Crippen molar-refractivity contribution < 1.29 is 51.9 Å². The summed E-state index contributed by atoms with van der Waals surface area (Å²) in [6, 6.07) is 4.95. The van der Waals surface area contributed by atoms with Crippen molar-refractivity contribution in [3.05, 3.63) is 80.9 Å². The maximum absolute atomic E-state index is 15.8. The van der Waals surface area contributed by atoms with E-state index in [1.165, 1.54) is 29.8 Å². The molecular formula is C50H61ClF2N8O10. The van der Waals surface area contributed by atoms with Crippen LogP contribution in [0, 0.1) is 23.6 Å². The minimum Gasteiger partial charge on any atom is -0.445 e. The zero-order chi connectivity index (χ0) is 51.7. The number of nitrogens with zero attached hydrogens (tertiary/aromatic N) is 3. The first kappa shape index (κ1) is 53.6. The van der Waals surface area contributed by atoms with E-state index in [1.807, 2.05) is 0 Å². The Morgan fingerprint density at radius 3 is 2.28 bits per heavy atom. The Balaban J connectivity index is 0.987. The number of urea groups is 1. The van der Waals surface area contributed by atoms with Crippen LogP contribution < -0.4 is 37.3 Å². The highest BCUT2D eigenvalue weighted by Crippen LogP contribution is 2.45. The second-order valence-electron chi connectivity index (χ2n) is 18.8. The smallest absolute Gasteiger partial charge is 0.407 e. The summed E-state index contributed by atoms with van der Waals surface area (Å²) < 4.78 is 37.1. The number of alkyl halides is 1. The molecule has 18 nitrogen and oxygen atoms in total. The molecule has 2 aliphatic heterocycles. The molecule has 1 aromatic heterocycles. The van der Waals surface area contributed by atoms with E-state index < -0.39 is 65.3 Å². The van der Waals surface area contributed by atoms with Crippen molar-refractivity contribution in [1.29, 1.82) is 0 Å². The molecule has 2 fully saturated rings. The number of pyridine rings is 1. The molecule has 3 heterocycles. The quantitative estimate of drug-likeness (QED) is 0.0395. The monoisotopic (exact) mass is 1010 g/mol. The first-order valence-electron chi connectivity index (χ1n) is 23.9. The molecule has 71 heavy (non-hydrogen) atoms. The van der Waals surface area contributed by atoms with Gasteiger partial charge in [0.05, 0.1) is 39.3 Å². The van der Waals surface area contributed by atoms with Crippen LogP contribution in [0.3, 0.4) is 0 Å². The van der Waals surface area contributed by atoms with E-state index in [0.717, 1.165) is 11.0 Å². The fraction of sp³-hybridized carbons (Fsp3) is 0.500. The SMILES string of the molecule is CC(=O)c1cn([C@H]2C[C@@H]2F)c2c(Cl)c(N3CCC(C(C)NC(=O)OCc4ccc(NC(=O)[C@H](CCCNC(N)=O)CC(=O)[C@@H](NC(=O)CCCCCN5C(=O)C=CC5=O)C(C)C)cc4)C3)c(F)cc2c1=O. The Kier molecular flexibility index (Phi) is 18.1. The van der Waals surface area contributed by atoms with Crippen LogP contribution in [-0.2, 0) is 35.3 Å². The summed E-state index contributed by atoms with van der Waals surface area (Å²) >= 11 is 6.82. The molecule has 1 saturated carbocycles. The predicted octanol–water partition coefficient (Wildman–Crippen LogP) is 6.01. The molecule has 1 saturated heterocycles. The number of imide groups is 1. The van der Waals surface area contributed by atoms with Gasteiger partial charge in [0.1, 0.15) is 18.6 Å². The zero-order valence-corrected chi connectivity index (χ0v) is 41.0. The Labute approximate surface area is 414 Å². The van der Waals surface area contributed by atoms with Gasteiger partial charge >= 0.3 is 12.1 Å². The Bertz CT molecular complexity index is 2620. The average molecular weight is 1010 g/mol. The largest absolute Gasteiger partial charge is 0.445 e. The van der Waals surface area contributed by atoms with Gasteiger partial charge in [0, 0.05) is 81.4 Å². The number of primary amides is 1. The van der Waals surface area contributed by atoms with Gasteiger partial charge in [-0.1, -0.05) is 44.0 Å². The number of nitrogens with two attached hydrogens (primary N) is 1. The molecule has 21 heteroatoms. The van der Waals surface area contributed by atoms with Gasteiger partial charge in [-0.3, -0.25) is 38.5 Å². The third-order valence-corrected chi connectivity index (χ3v) is 13.5. The van der Waals surface area contributed by atoms with Gasteiger partial charge in [-0.2, -0.15) is 0 Å². The van der Waals surface area contributed by atoms with Crippen molar-refractivity contribution in [3.8, 4) is 0 Å². The Morgan fingerprint density at radius 1 is 0.958 bits per heavy atom. The molecule has 6 rings (SSSR count). The number of Topliss-reactive ketones (excluding diaryl/α,β-unsaturated/α-hetero) is 2. The van der Waals surface area contributed by atoms with Crippen molar-refractivity contribution in [2.24, 2.45) is 23.5 Å². The number of aromatic nitrogens is 1. The van der Waals surface area contributed by atoms with Crippen LogP contribution in [0.2, 0.25) is 5.02 Å². The third-order valence-electron chi connectivity index (χ3n) is 13.1. The molecule has 0 radical (unpaired) electrons. The summed E-state index contributed by atoms with van der Waals surface area (Å²) in [6.45, 7) is 7.58. The third kappa shape index (κ3) is 13.8. The fourth-order valence-electron chi connectivity index (χ4n) is 9.00. The van der Waals surface area contributed by atoms with Gasteiger partial charge in [-0.05, 0) is 81.5 Å². The first-order valence-corrected chi connectivity index (χ1v) is 24.3. The van der Waals surface area contributed by atoms with Gasteiger partial charge in [0.15, 0.2) is 17.0 Å². The highest BCUT2D eigenvalue weighted by atomic mass is 35.5. The number of rotatable bonds is 24. The number of halogens is 3. The highest BCUT2D eigenvalue weighted by Gasteiger charge is 2.41. The molecule has 6 N–H and O–H groups in total. The van der Waals surface area contributed by atoms with Crippen molar-refractivity contribution in [1.82, 2.24) is 25.4 Å². The van der Waals surface area contributed by atoms with Crippen LogP contribution in [0.1, 0.15) is 107 Å². The maximum atomic E-state index is 15.8. The molecule has 382 valence electrons. The standard InChI is InChI=1S/C50H61ClF2N8O10/c1-27(2)44(58-40(64)10-6-5-7-19-60-41(65)15-16-42(60)66)39(63)21-31(9-8-18-55-49(54)69)48(68)57-33-13-11-30(12-14-33)26-71-50(70)56-28(3)32-17-20-59(24-32)46-37(53)22-34-45(43(46)51)61(38-23-36(38)52)25-35(29(4)62)47(34)67/h11-16,22,25,27-28,31-32,36,38,44H,5-10,17-21,23-24,26H2,1-4H3,(H,56,70)(H,57,68)(H,58,64)(H3,54,55,69)/t28?,31-,32?,36+,38+,44+/m1/s1. The normalized spacial score (nSPS) is 18.6. The number of ether oxygens (including phenoxy) is 1. The Morgan fingerprint density at radius 2 is 1.65 bits per heavy atom. The number of carbonyl (C=O) groups is 8. The molecule has 7 amide bonds. The summed E-state index contributed by atoms with van der Waals surface area (Å²) in [4.78, 5) is 116. The number of unbranched alkanes of at least 4 members (excludes halogenated alkanes) is 2. The lowest BCUT2D eigenvalue weighted by Crippen LogP contribution is -2.45. The lowest BCUT2D eigenvalue weighted by atomic mass is 9.89. The van der Waals surface area contributed by atoms with Crippen LogP contribution >= 0.6 is 11.6 Å². The summed E-state index contributed by atoms with van der Waals surface area (Å²) in [5.41, 5.74) is 5.57. The van der Waals surface area contributed by atoms with Gasteiger partial charge in [-0.25, -0.2) is 18.4 Å². The van der Waals surface area contributed by atoms with E-state index in [-0.39, 0.29) is 108 Å². The zero-order valence-electron chi connectivity index (χ0n) is 40.2. The highest BCUT2D eigenvalue weighted by molar-refractivity contribution is 6.38. The molecular weight excluding hydrogens is 946 g/mol. The number of benzene rings is 2. The van der Waals surface area contributed by atoms with E-state index in [1.54, 1.807) is 49.9 Å². The molecule has 3 aliphatic rings. The van der Waals surface area contributed by atoms with Crippen molar-refractivity contribution >= 4 is 81.2 Å². The number of amides is 7. The average Bonchev–Trinajstić information content (AvgIpc) is 3.67. The number of hydrogen-bond acceptors (Lipinski definition) is 11. The molecule has 3 aromatic rings. The fourth-order valence-corrected chi connectivity index (χ4v) is 9.41. The van der Waals surface area contributed by atoms with E-state index in [4.69, 9.17) is 22.1 Å². The van der Waals surface area contributed by atoms with E-state index in [9.17, 15) is 47.5 Å². The lowest BCUT2D eigenvalue weighted by molar-refractivity contribution is -0.137. The summed E-state index contributed by atoms with van der Waals surface area (Å²) in [7, 11) is 0. The van der Waals surface area contributed by atoms with Gasteiger partial charge < -0.3 is 41.2 Å². The van der Waals surface area contributed by atoms with Crippen LogP contribution in [0.4, 0.5) is 29.7 Å². The number of ketones is 2. The van der Waals surface area contributed by atoms with Gasteiger partial charge in [0.25, 0.3) is 11.8 Å². The number of anilines is 2. The summed E-state index contributed by atoms with van der Waals surface area (Å²) in [6.07, 6.45) is 4.65. The Hall–Kier alpha value is -6.70. The topological polar surface area (TPSA) is 248 Å². The van der Waals surface area contributed by atoms with Crippen LogP contribution in [0.25, 0.3) is 10.9 Å². The molecule has 2 unspecified atom stereocenters. The van der Waals surface area contributed by atoms with Crippen molar-refractivity contribution in [2.45, 2.75) is 116 Å². The first-order chi connectivity index (χ1) is 33.7. The molecule has 1 aliphatic carbocycles. The number of fused-ring (bicyclic) bond motifs is 1. The summed E-state index contributed by atoms with van der Waals surface area (Å²) in [5, 5.41) is 10.8. The van der Waals surface area contributed by atoms with Gasteiger partial charge in [-0.15, -0.1) is 0 Å². The second kappa shape index (κ2) is 23.9. The lowest BCUT2D eigenvalue weighted by Gasteiger charge is -2.25.